The van der Waals surface area contributed by atoms with Crippen LogP contribution in [-0.2, 0) is 6.61 Å². The van der Waals surface area contributed by atoms with Crippen molar-refractivity contribution in [1.82, 2.24) is 10.2 Å². The molecule has 0 radical (unpaired) electrons. The number of allylic oxidation sites excluding steroid dienone is 1. The van der Waals surface area contributed by atoms with E-state index in [9.17, 15) is 23.1 Å². The van der Waals surface area contributed by atoms with Crippen LogP contribution in [0.3, 0.4) is 0 Å². The third kappa shape index (κ3) is 4.35. The number of carbonyl (C=O) groups is 1. The molecule has 0 aliphatic heterocycles. The maximum absolute atomic E-state index is 12.5. The van der Waals surface area contributed by atoms with E-state index in [1.165, 1.54) is 18.2 Å². The average molecular weight is 375 g/mol. The summed E-state index contributed by atoms with van der Waals surface area (Å²) in [5.74, 6) is -0.382. The Morgan fingerprint density at radius 3 is 2.70 bits per heavy atom. The maximum Gasteiger partial charge on any atom is 0.409 e. The number of rotatable bonds is 4. The first-order valence-electron chi connectivity index (χ1n) is 8.02. The van der Waals surface area contributed by atoms with Gasteiger partial charge in [-0.2, -0.15) is 18.3 Å². The van der Waals surface area contributed by atoms with E-state index in [-0.39, 0.29) is 18.6 Å². The van der Waals surface area contributed by atoms with Gasteiger partial charge in [-0.15, -0.1) is 0 Å². The Kier molecular flexibility index (Phi) is 5.00. The fourth-order valence-electron chi connectivity index (χ4n) is 2.70. The second-order valence-corrected chi connectivity index (χ2v) is 6.00. The van der Waals surface area contributed by atoms with Crippen LogP contribution < -0.4 is 5.32 Å². The fraction of sp³-hybridized carbons (Fsp3) is 0.158. The summed E-state index contributed by atoms with van der Waals surface area (Å²) in [6, 6.07) is 9.53. The van der Waals surface area contributed by atoms with Crippen LogP contribution >= 0.6 is 0 Å². The predicted molar refractivity (Wildman–Crippen MR) is 96.2 cm³/mol. The number of hydrogen-bond acceptors (Lipinski definition) is 3. The molecule has 1 amide bonds. The van der Waals surface area contributed by atoms with Gasteiger partial charge in [0.15, 0.2) is 0 Å². The number of fused-ring (bicyclic) bond motifs is 1. The van der Waals surface area contributed by atoms with Crippen molar-refractivity contribution in [3.05, 3.63) is 64.9 Å². The molecular weight excluding hydrogens is 359 g/mol. The van der Waals surface area contributed by atoms with Crippen molar-refractivity contribution in [2.45, 2.75) is 19.7 Å². The number of halogens is 3. The zero-order valence-corrected chi connectivity index (χ0v) is 14.3. The van der Waals surface area contributed by atoms with Crippen molar-refractivity contribution in [3.63, 3.8) is 0 Å². The number of nitrogens with zero attached hydrogens (tertiary/aromatic N) is 1. The minimum absolute atomic E-state index is 0.153. The quantitative estimate of drug-likeness (QED) is 0.640. The van der Waals surface area contributed by atoms with Crippen LogP contribution in [0.4, 0.5) is 18.9 Å². The number of nitrogens with one attached hydrogen (secondary N) is 2. The van der Waals surface area contributed by atoms with E-state index < -0.39 is 6.18 Å². The summed E-state index contributed by atoms with van der Waals surface area (Å²) in [5, 5.41) is 19.5. The van der Waals surface area contributed by atoms with Crippen LogP contribution in [0.25, 0.3) is 17.0 Å². The highest BCUT2D eigenvalue weighted by Gasteiger charge is 2.21. The molecule has 0 aliphatic carbocycles. The number of alkyl halides is 3. The predicted octanol–water partition coefficient (Wildman–Crippen LogP) is 4.19. The Balaban J connectivity index is 1.81. The summed E-state index contributed by atoms with van der Waals surface area (Å²) in [5.41, 5.74) is 2.98. The highest BCUT2D eigenvalue weighted by Crippen LogP contribution is 2.23. The summed E-state index contributed by atoms with van der Waals surface area (Å²) < 4.78 is 36.8. The molecule has 0 aliphatic rings. The molecule has 0 saturated heterocycles. The molecule has 1 aromatic heterocycles. The van der Waals surface area contributed by atoms with E-state index in [0.29, 0.717) is 39.0 Å². The van der Waals surface area contributed by atoms with Crippen LogP contribution in [0.15, 0.2) is 42.5 Å². The molecule has 3 N–H and O–H groups in total. The molecule has 8 heteroatoms. The Hall–Kier alpha value is -3.13. The molecular formula is C19H16F3N3O2. The maximum atomic E-state index is 12.5. The minimum Gasteiger partial charge on any atom is -0.390 e. The van der Waals surface area contributed by atoms with Crippen LogP contribution in [0.2, 0.25) is 0 Å². The first-order chi connectivity index (χ1) is 12.8. The number of carbonyl (C=O) groups excluding carboxylic acids is 1. The van der Waals surface area contributed by atoms with Gasteiger partial charge >= 0.3 is 6.18 Å². The van der Waals surface area contributed by atoms with E-state index in [4.69, 9.17) is 0 Å². The molecule has 0 bridgehead atoms. The molecule has 3 rings (SSSR count). The summed E-state index contributed by atoms with van der Waals surface area (Å²) in [6.07, 6.45) is -3.28. The third-order valence-corrected chi connectivity index (χ3v) is 4.01. The lowest BCUT2D eigenvalue weighted by atomic mass is 10.0. The Bertz CT molecular complexity index is 1020. The van der Waals surface area contributed by atoms with E-state index in [0.717, 1.165) is 6.08 Å². The Morgan fingerprint density at radius 2 is 2.04 bits per heavy atom. The normalized spacial score (nSPS) is 12.0. The van der Waals surface area contributed by atoms with Crippen LogP contribution in [0, 0.1) is 6.92 Å². The van der Waals surface area contributed by atoms with Crippen molar-refractivity contribution in [2.24, 2.45) is 0 Å². The van der Waals surface area contributed by atoms with E-state index in [1.54, 1.807) is 25.1 Å². The lowest BCUT2D eigenvalue weighted by Crippen LogP contribution is -2.13. The Labute approximate surface area is 152 Å². The number of H-pyrrole nitrogens is 1. The smallest absolute Gasteiger partial charge is 0.390 e. The van der Waals surface area contributed by atoms with Crippen molar-refractivity contribution in [3.8, 4) is 0 Å². The lowest BCUT2D eigenvalue weighted by Gasteiger charge is -2.09. The molecule has 2 aromatic carbocycles. The monoisotopic (exact) mass is 375 g/mol. The first kappa shape index (κ1) is 18.7. The van der Waals surface area contributed by atoms with Crippen LogP contribution in [-0.4, -0.2) is 27.4 Å². The first-order valence-corrected chi connectivity index (χ1v) is 8.02. The highest BCUT2D eigenvalue weighted by atomic mass is 19.4. The van der Waals surface area contributed by atoms with Crippen molar-refractivity contribution >= 4 is 28.6 Å². The number of anilines is 1. The van der Waals surface area contributed by atoms with Gasteiger partial charge < -0.3 is 10.4 Å². The van der Waals surface area contributed by atoms with Crippen LogP contribution in [0.1, 0.15) is 27.2 Å². The van der Waals surface area contributed by atoms with E-state index in [1.807, 2.05) is 0 Å². The Morgan fingerprint density at radius 1 is 1.26 bits per heavy atom. The number of aromatic amines is 1. The zero-order valence-electron chi connectivity index (χ0n) is 14.3. The summed E-state index contributed by atoms with van der Waals surface area (Å²) in [6.45, 7) is 1.45. The number of aryl methyl sites for hydroxylation is 1. The molecule has 27 heavy (non-hydrogen) atoms. The standard InChI is InChI=1S/C19H16F3N3O2/c1-11-8-12(6-7-19(20,21)22)2-4-14(11)18(27)23-13-3-5-16-15(9-13)17(10-26)25-24-16/h2-9,26H,10H2,1H3,(H,23,27)(H,24,25). The van der Waals surface area contributed by atoms with Gasteiger partial charge in [0, 0.05) is 22.7 Å². The molecule has 5 nitrogen and oxygen atoms in total. The van der Waals surface area contributed by atoms with Gasteiger partial charge in [-0.25, -0.2) is 0 Å². The molecule has 0 spiro atoms. The molecule has 0 atom stereocenters. The van der Waals surface area contributed by atoms with Crippen molar-refractivity contribution in [2.75, 3.05) is 5.32 Å². The second kappa shape index (κ2) is 7.24. The number of aliphatic hydroxyl groups is 1. The number of benzene rings is 2. The van der Waals surface area contributed by atoms with Crippen LogP contribution in [0.5, 0.6) is 0 Å². The summed E-state index contributed by atoms with van der Waals surface area (Å²) in [7, 11) is 0. The minimum atomic E-state index is -4.39. The van der Waals surface area contributed by atoms with Gasteiger partial charge in [-0.3, -0.25) is 9.89 Å². The lowest BCUT2D eigenvalue weighted by molar-refractivity contribution is -0.0790. The van der Waals surface area contributed by atoms with Crippen molar-refractivity contribution < 1.29 is 23.1 Å². The zero-order chi connectivity index (χ0) is 19.6. The van der Waals surface area contributed by atoms with Gasteiger partial charge in [-0.05, 0) is 42.3 Å². The van der Waals surface area contributed by atoms with Gasteiger partial charge in [0.1, 0.15) is 0 Å². The van der Waals surface area contributed by atoms with E-state index >= 15 is 0 Å². The topological polar surface area (TPSA) is 78.0 Å². The number of hydrogen-bond donors (Lipinski definition) is 3. The molecule has 1 heterocycles. The van der Waals surface area contributed by atoms with Crippen molar-refractivity contribution in [1.29, 1.82) is 0 Å². The average Bonchev–Trinajstić information content (AvgIpc) is 3.01. The molecule has 140 valence electrons. The van der Waals surface area contributed by atoms with Gasteiger partial charge in [0.25, 0.3) is 5.91 Å². The fourth-order valence-corrected chi connectivity index (χ4v) is 2.70. The molecule has 0 fully saturated rings. The summed E-state index contributed by atoms with van der Waals surface area (Å²) in [4.78, 5) is 12.5. The largest absolute Gasteiger partial charge is 0.409 e. The number of aromatic nitrogens is 2. The highest BCUT2D eigenvalue weighted by molar-refractivity contribution is 6.06. The third-order valence-electron chi connectivity index (χ3n) is 4.01. The SMILES string of the molecule is Cc1cc(C=CC(F)(F)F)ccc1C(=O)Nc1ccc2n[nH]c(CO)c2c1. The molecule has 0 saturated carbocycles. The van der Waals surface area contributed by atoms with Gasteiger partial charge in [0.2, 0.25) is 0 Å². The molecule has 3 aromatic rings. The van der Waals surface area contributed by atoms with Gasteiger partial charge in [-0.1, -0.05) is 18.2 Å². The second-order valence-electron chi connectivity index (χ2n) is 6.00. The van der Waals surface area contributed by atoms with Gasteiger partial charge in [0.05, 0.1) is 17.8 Å². The summed E-state index contributed by atoms with van der Waals surface area (Å²) >= 11 is 0. The van der Waals surface area contributed by atoms with E-state index in [2.05, 4.69) is 15.5 Å². The number of amides is 1. The molecule has 0 unspecified atom stereocenters. The number of aliphatic hydroxyl groups excluding tert-OH is 1.